The first kappa shape index (κ1) is 20.7. The fourth-order valence-electron chi connectivity index (χ4n) is 4.61. The van der Waals surface area contributed by atoms with Gasteiger partial charge in [-0.25, -0.2) is 0 Å². The van der Waals surface area contributed by atoms with Gasteiger partial charge in [-0.1, -0.05) is 56.0 Å². The van der Waals surface area contributed by atoms with Crippen LogP contribution in [0.15, 0.2) is 54.7 Å². The largest absolute Gasteiger partial charge is 0.495 e. The highest BCUT2D eigenvalue weighted by Gasteiger charge is 2.24. The number of para-hydroxylation sites is 3. The zero-order chi connectivity index (χ0) is 20.9. The SMILES string of the molecule is COc1ccccc1NC(=S)N(Cc1cn(C)c2ccccc12)C1CCCCCC1. The third kappa shape index (κ3) is 4.46. The van der Waals surface area contributed by atoms with Crippen LogP contribution in [0.3, 0.4) is 0 Å². The van der Waals surface area contributed by atoms with Crippen molar-refractivity contribution in [1.29, 1.82) is 0 Å². The number of nitrogens with one attached hydrogen (secondary N) is 1. The number of ether oxygens (including phenoxy) is 1. The molecule has 0 unspecified atom stereocenters. The van der Waals surface area contributed by atoms with Crippen molar-refractivity contribution in [3.05, 3.63) is 60.3 Å². The third-order valence-corrected chi connectivity index (χ3v) is 6.53. The van der Waals surface area contributed by atoms with Crippen LogP contribution in [0, 0.1) is 0 Å². The number of aryl methyl sites for hydroxylation is 1. The highest BCUT2D eigenvalue weighted by atomic mass is 32.1. The van der Waals surface area contributed by atoms with Gasteiger partial charge in [0.2, 0.25) is 0 Å². The lowest BCUT2D eigenvalue weighted by atomic mass is 10.1. The van der Waals surface area contributed by atoms with E-state index >= 15 is 0 Å². The zero-order valence-electron chi connectivity index (χ0n) is 17.9. The molecule has 3 aromatic rings. The van der Waals surface area contributed by atoms with E-state index in [0.717, 1.165) is 23.1 Å². The minimum Gasteiger partial charge on any atom is -0.495 e. The molecule has 1 N–H and O–H groups in total. The van der Waals surface area contributed by atoms with Crippen LogP contribution in [0.1, 0.15) is 44.1 Å². The summed E-state index contributed by atoms with van der Waals surface area (Å²) in [6.07, 6.45) is 9.83. The molecule has 0 amide bonds. The lowest BCUT2D eigenvalue weighted by Gasteiger charge is -2.34. The van der Waals surface area contributed by atoms with Gasteiger partial charge in [0.05, 0.1) is 12.8 Å². The van der Waals surface area contributed by atoms with Crippen LogP contribution in [0.2, 0.25) is 0 Å². The smallest absolute Gasteiger partial charge is 0.174 e. The van der Waals surface area contributed by atoms with Crippen LogP contribution < -0.4 is 10.1 Å². The predicted octanol–water partition coefficient (Wildman–Crippen LogP) is 6.11. The molecule has 0 bridgehead atoms. The summed E-state index contributed by atoms with van der Waals surface area (Å²) in [5, 5.41) is 5.56. The molecule has 0 saturated heterocycles. The van der Waals surface area contributed by atoms with Gasteiger partial charge in [0.25, 0.3) is 0 Å². The summed E-state index contributed by atoms with van der Waals surface area (Å²) in [6, 6.07) is 17.0. The molecule has 1 heterocycles. The van der Waals surface area contributed by atoms with Crippen molar-refractivity contribution in [2.45, 2.75) is 51.1 Å². The molecule has 0 spiro atoms. The highest BCUT2D eigenvalue weighted by Crippen LogP contribution is 2.29. The van der Waals surface area contributed by atoms with Crippen LogP contribution >= 0.6 is 12.2 Å². The van der Waals surface area contributed by atoms with Gasteiger partial charge in [-0.2, -0.15) is 0 Å². The van der Waals surface area contributed by atoms with Gasteiger partial charge >= 0.3 is 0 Å². The minimum absolute atomic E-state index is 0.459. The predicted molar refractivity (Wildman–Crippen MR) is 129 cm³/mol. The second-order valence-electron chi connectivity index (χ2n) is 8.19. The Balaban J connectivity index is 1.64. The molecule has 1 aromatic heterocycles. The Morgan fingerprint density at radius 2 is 1.77 bits per heavy atom. The van der Waals surface area contributed by atoms with E-state index in [-0.39, 0.29) is 0 Å². The fraction of sp³-hybridized carbons (Fsp3) is 0.400. The minimum atomic E-state index is 0.459. The van der Waals surface area contributed by atoms with E-state index in [4.69, 9.17) is 17.0 Å². The third-order valence-electron chi connectivity index (χ3n) is 6.20. The molecule has 1 aliphatic rings. The Kier molecular flexibility index (Phi) is 6.58. The lowest BCUT2D eigenvalue weighted by molar-refractivity contribution is 0.280. The van der Waals surface area contributed by atoms with E-state index in [9.17, 15) is 0 Å². The summed E-state index contributed by atoms with van der Waals surface area (Å²) in [7, 11) is 3.82. The number of benzene rings is 2. The van der Waals surface area contributed by atoms with Crippen molar-refractivity contribution < 1.29 is 4.74 Å². The topological polar surface area (TPSA) is 29.4 Å². The fourth-order valence-corrected chi connectivity index (χ4v) is 4.93. The number of hydrogen-bond donors (Lipinski definition) is 1. The Bertz CT molecular complexity index is 1000. The molecule has 4 rings (SSSR count). The average Bonchev–Trinajstić information content (AvgIpc) is 2.93. The summed E-state index contributed by atoms with van der Waals surface area (Å²) in [4.78, 5) is 2.41. The standard InChI is InChI=1S/C25H31N3OS/c1-27-17-19(21-13-7-9-15-23(21)27)18-28(20-11-5-3-4-6-12-20)25(30)26-22-14-8-10-16-24(22)29-2/h7-10,13-17,20H,3-6,11-12,18H2,1-2H3,(H,26,30). The number of aromatic nitrogens is 1. The Hall–Kier alpha value is -2.53. The van der Waals surface area contributed by atoms with E-state index in [0.29, 0.717) is 6.04 Å². The molecular formula is C25H31N3OS. The van der Waals surface area contributed by atoms with Crippen LogP contribution in [0.4, 0.5) is 5.69 Å². The van der Waals surface area contributed by atoms with Crippen LogP contribution in [0.25, 0.3) is 10.9 Å². The van der Waals surface area contributed by atoms with E-state index in [2.05, 4.69) is 52.3 Å². The zero-order valence-corrected chi connectivity index (χ0v) is 18.8. The molecule has 4 nitrogen and oxygen atoms in total. The summed E-state index contributed by atoms with van der Waals surface area (Å²) in [6.45, 7) is 0.813. The second-order valence-corrected chi connectivity index (χ2v) is 8.57. The maximum Gasteiger partial charge on any atom is 0.174 e. The summed E-state index contributed by atoms with van der Waals surface area (Å²) in [5.41, 5.74) is 3.50. The number of rotatable bonds is 5. The van der Waals surface area contributed by atoms with Crippen molar-refractivity contribution in [2.75, 3.05) is 12.4 Å². The Morgan fingerprint density at radius 3 is 2.53 bits per heavy atom. The molecule has 0 atom stereocenters. The monoisotopic (exact) mass is 421 g/mol. The summed E-state index contributed by atoms with van der Waals surface area (Å²) in [5.74, 6) is 0.811. The second kappa shape index (κ2) is 9.52. The van der Waals surface area contributed by atoms with Gasteiger partial charge in [-0.15, -0.1) is 0 Å². The number of nitrogens with zero attached hydrogens (tertiary/aromatic N) is 2. The van der Waals surface area contributed by atoms with Crippen LogP contribution in [0.5, 0.6) is 5.75 Å². The first-order valence-corrected chi connectivity index (χ1v) is 11.3. The maximum atomic E-state index is 5.97. The molecule has 158 valence electrons. The van der Waals surface area contributed by atoms with E-state index < -0.39 is 0 Å². The Morgan fingerprint density at radius 1 is 1.07 bits per heavy atom. The van der Waals surface area contributed by atoms with Gasteiger partial charge in [-0.05, 0) is 48.8 Å². The maximum absolute atomic E-state index is 5.97. The van der Waals surface area contributed by atoms with Gasteiger partial charge in [0, 0.05) is 36.7 Å². The lowest BCUT2D eigenvalue weighted by Crippen LogP contribution is -2.42. The molecule has 1 saturated carbocycles. The van der Waals surface area contributed by atoms with Crippen molar-refractivity contribution in [2.24, 2.45) is 7.05 Å². The molecule has 30 heavy (non-hydrogen) atoms. The number of hydrogen-bond acceptors (Lipinski definition) is 2. The van der Waals surface area contributed by atoms with E-state index in [1.54, 1.807) is 7.11 Å². The molecule has 0 radical (unpaired) electrons. The molecule has 0 aliphatic heterocycles. The quantitative estimate of drug-likeness (QED) is 0.398. The number of fused-ring (bicyclic) bond motifs is 1. The number of methoxy groups -OCH3 is 1. The van der Waals surface area contributed by atoms with Gasteiger partial charge in [0.15, 0.2) is 5.11 Å². The van der Waals surface area contributed by atoms with Crippen molar-refractivity contribution in [3.8, 4) is 5.75 Å². The highest BCUT2D eigenvalue weighted by molar-refractivity contribution is 7.80. The van der Waals surface area contributed by atoms with Crippen molar-refractivity contribution >= 4 is 33.9 Å². The molecule has 2 aromatic carbocycles. The molecule has 5 heteroatoms. The van der Waals surface area contributed by atoms with E-state index in [1.807, 2.05) is 24.3 Å². The first-order valence-electron chi connectivity index (χ1n) is 10.9. The van der Waals surface area contributed by atoms with Gasteiger partial charge in [0.1, 0.15) is 5.75 Å². The van der Waals surface area contributed by atoms with Gasteiger partial charge < -0.3 is 19.5 Å². The Labute approximate surface area is 184 Å². The summed E-state index contributed by atoms with van der Waals surface area (Å²) < 4.78 is 7.74. The average molecular weight is 422 g/mol. The van der Waals surface area contributed by atoms with E-state index in [1.165, 1.54) is 55.0 Å². The molecule has 1 fully saturated rings. The normalized spacial score (nSPS) is 15.0. The van der Waals surface area contributed by atoms with Gasteiger partial charge in [-0.3, -0.25) is 0 Å². The van der Waals surface area contributed by atoms with Crippen molar-refractivity contribution in [1.82, 2.24) is 9.47 Å². The van der Waals surface area contributed by atoms with Crippen LogP contribution in [-0.2, 0) is 13.6 Å². The molecular weight excluding hydrogens is 390 g/mol. The number of anilines is 1. The molecule has 1 aliphatic carbocycles. The first-order chi connectivity index (χ1) is 14.7. The number of thiocarbonyl (C=S) groups is 1. The summed E-state index contributed by atoms with van der Waals surface area (Å²) >= 11 is 5.97. The van der Waals surface area contributed by atoms with Crippen LogP contribution in [-0.4, -0.2) is 27.7 Å². The van der Waals surface area contributed by atoms with Crippen molar-refractivity contribution in [3.63, 3.8) is 0 Å².